The molecule has 0 heterocycles. The number of phenolic OH excluding ortho intramolecular Hbond substituents is 1. The van der Waals surface area contributed by atoms with Crippen LogP contribution in [0.15, 0.2) is 191 Å². The van der Waals surface area contributed by atoms with Crippen LogP contribution in [0.1, 0.15) is 48.5 Å². The van der Waals surface area contributed by atoms with Gasteiger partial charge in [0.05, 0.1) is 18.6 Å². The summed E-state index contributed by atoms with van der Waals surface area (Å²) >= 11 is 9.87. The molecule has 488 valence electrons. The fraction of sp³-hybridized carbons (Fsp3) is 0.186. The molecule has 0 saturated heterocycles. The van der Waals surface area contributed by atoms with Crippen LogP contribution in [0.3, 0.4) is 0 Å². The van der Waals surface area contributed by atoms with Crippen LogP contribution < -0.4 is 231 Å². The van der Waals surface area contributed by atoms with Crippen molar-refractivity contribution in [2.24, 2.45) is 0 Å². The van der Waals surface area contributed by atoms with Crippen molar-refractivity contribution in [3.8, 4) is 50.6 Å². The van der Waals surface area contributed by atoms with E-state index in [2.05, 4.69) is 65.0 Å². The number of rotatable bonds is 18. The minimum absolute atomic E-state index is 0. The van der Waals surface area contributed by atoms with Gasteiger partial charge in [0, 0.05) is 20.0 Å². The van der Waals surface area contributed by atoms with Crippen LogP contribution in [0.5, 0.6) is 17.2 Å². The van der Waals surface area contributed by atoms with Gasteiger partial charge in [-0.05, 0) is 156 Å². The molecule has 7 rings (SSSR count). The largest absolute Gasteiger partial charge is 1.00 e. The normalized spacial score (nSPS) is 10.2. The Bertz CT molecular complexity index is 3230. The molecule has 7 aromatic rings. The van der Waals surface area contributed by atoms with Gasteiger partial charge >= 0.3 is 235 Å². The average Bonchev–Trinajstić information content (AvgIpc) is 0.880. The zero-order valence-electron chi connectivity index (χ0n) is 52.8. The number of hydrogen-bond acceptors (Lipinski definition) is 11. The number of carbonyl (C=O) groups excluding carboxylic acids is 2. The van der Waals surface area contributed by atoms with Crippen LogP contribution in [0.2, 0.25) is 0 Å². The van der Waals surface area contributed by atoms with E-state index in [9.17, 15) is 61.5 Å². The Balaban J connectivity index is -0.000000210. The summed E-state index contributed by atoms with van der Waals surface area (Å²) in [7, 11) is -1.78. The van der Waals surface area contributed by atoms with Crippen molar-refractivity contribution in [1.29, 1.82) is 0 Å². The van der Waals surface area contributed by atoms with Crippen molar-refractivity contribution in [3.63, 3.8) is 0 Å². The van der Waals surface area contributed by atoms with Gasteiger partial charge in [-0.25, -0.2) is 8.78 Å². The molecule has 0 atom stereocenters. The maximum absolute atomic E-state index is 14.7. The summed E-state index contributed by atoms with van der Waals surface area (Å²) < 4.78 is 184. The molecule has 11 nitrogen and oxygen atoms in total. The average molecular weight is 1690 g/mol. The fourth-order valence-corrected chi connectivity index (χ4v) is 8.26. The number of phenols is 1. The molecule has 0 aliphatic rings. The Labute approximate surface area is 734 Å². The molecule has 0 radical (unpaired) electrons. The maximum atomic E-state index is 14.7. The molecule has 0 spiro atoms. The third kappa shape index (κ3) is 46.7. The number of ether oxygens (including phenoxy) is 2. The third-order valence-corrected chi connectivity index (χ3v) is 11.9. The molecular formula is C59H52BBr4F14K4O11-. The van der Waals surface area contributed by atoms with Crippen LogP contribution in [0, 0.1) is 11.6 Å². The van der Waals surface area contributed by atoms with E-state index in [-0.39, 0.29) is 245 Å². The second-order valence-electron chi connectivity index (χ2n) is 17.1. The standard InChI is InChI=1S/C24H19F5O.C15H16BFO2.C9H5BrF4O.C6H5BrO.C3H2Br2F4.2CH2O3.4K.3H/c1-2-3-16-4-6-17(7-5-16)19-10-13-21(22(25)14-19)18-8-11-20(12-9-18)30-24(28,29)15-23(26)27;1-2-3-11-4-6-12(7-5-11)13-8-9-14(16(18)19)15(17)10-13;10-6-1-3-7(4-2-6)15-9(13,14)5-8(11)12;7-5-1-3-6(8)4-2-5;4-2(6,7)1-3(5,8)9;2*2-1-4-3;;;;;;;/h4-15H,2-3H2,1H3;4-10,18-19H,2-3H2,1H3;1-5H;1-4,8H;1H2;2*1,3H;;;;;;;/q;;;;;;;4*+1;3*-1/p-2/i;;;;;;;;;;;1+2;;. The Morgan fingerprint density at radius 3 is 1.11 bits per heavy atom. The van der Waals surface area contributed by atoms with Gasteiger partial charge in [0.2, 0.25) is 0 Å². The van der Waals surface area contributed by atoms with Crippen molar-refractivity contribution in [2.45, 2.75) is 67.8 Å². The van der Waals surface area contributed by atoms with Gasteiger partial charge in [0.1, 0.15) is 28.9 Å². The molecule has 93 heavy (non-hydrogen) atoms. The second-order valence-corrected chi connectivity index (χ2v) is 21.3. The molecule has 0 saturated carbocycles. The summed E-state index contributed by atoms with van der Waals surface area (Å²) in [5.74, 6) is -1.28. The molecular weight excluding hydrogens is 1640 g/mol. The Morgan fingerprint density at radius 2 is 0.828 bits per heavy atom. The molecule has 0 aromatic heterocycles. The van der Waals surface area contributed by atoms with Gasteiger partial charge in [-0.1, -0.05) is 143 Å². The molecule has 0 bridgehead atoms. The molecule has 0 fully saturated rings. The molecule has 0 amide bonds. The van der Waals surface area contributed by atoms with Crippen LogP contribution >= 0.6 is 63.7 Å². The minimum Gasteiger partial charge on any atom is -1.00 e. The van der Waals surface area contributed by atoms with Crippen LogP contribution in [0.4, 0.5) is 61.5 Å². The molecule has 0 aliphatic heterocycles. The van der Waals surface area contributed by atoms with Crippen molar-refractivity contribution in [2.75, 3.05) is 0 Å². The smallest absolute Gasteiger partial charge is 1.00 e. The van der Waals surface area contributed by atoms with E-state index in [1.165, 1.54) is 77.9 Å². The van der Waals surface area contributed by atoms with Gasteiger partial charge in [0.25, 0.3) is 25.1 Å². The Morgan fingerprint density at radius 1 is 0.516 bits per heavy atom. The van der Waals surface area contributed by atoms with E-state index < -0.39 is 71.4 Å². The summed E-state index contributed by atoms with van der Waals surface area (Å²) in [6, 6.07) is 42.5. The monoisotopic (exact) mass is 1690 g/mol. The molecule has 34 heteroatoms. The zero-order chi connectivity index (χ0) is 67.5. The number of aromatic hydroxyl groups is 1. The van der Waals surface area contributed by atoms with Crippen molar-refractivity contribution >= 4 is 89.2 Å². The number of alkyl halides is 10. The zero-order valence-corrected chi connectivity index (χ0v) is 68.7. The Kier molecular flexibility index (Phi) is 56.2. The number of benzene rings is 7. The van der Waals surface area contributed by atoms with Gasteiger partial charge in [0.15, 0.2) is 0 Å². The predicted molar refractivity (Wildman–Crippen MR) is 319 cm³/mol. The van der Waals surface area contributed by atoms with E-state index in [1.807, 2.05) is 48.5 Å². The Hall–Kier alpha value is -0.250. The van der Waals surface area contributed by atoms with Crippen molar-refractivity contribution in [3.05, 3.63) is 214 Å². The topological polar surface area (TPSA) is 178 Å². The SMILES string of the molecule is CCCc1ccc(-c2ccc(-c3ccc(OC(F)(F)C=C(F)F)cc3)c(F)c2)cc1.CCCc1ccc(-c2ccc(B(O)O)c(F)c2)cc1.FC(F)(Br)CC(F)(F)Br.FC(F)=CC(F)(F)Oc1ccc(Br)cc1.O=CO[O-].O=CO[O-].Oc1ccc(Br)cc1.[3H-].[H-].[H-].[K+].[K+].[K+].[K+]. The summed E-state index contributed by atoms with van der Waals surface area (Å²) in [5, 5.41) is 43.6. The first kappa shape index (κ1) is 99.1. The number of hydrogen-bond donors (Lipinski definition) is 3. The predicted octanol–water partition coefficient (Wildman–Crippen LogP) is 4.92. The summed E-state index contributed by atoms with van der Waals surface area (Å²) in [6.07, 6.45) is -11.7. The first-order valence-corrected chi connectivity index (χ1v) is 28.0. The second kappa shape index (κ2) is 52.7. The van der Waals surface area contributed by atoms with Gasteiger partial charge < -0.3 is 49.2 Å². The number of aryl methyl sites for hydroxylation is 2. The van der Waals surface area contributed by atoms with E-state index >= 15 is 0 Å². The number of carbonyl (C=O) groups is 2. The van der Waals surface area contributed by atoms with Crippen LogP contribution in [0.25, 0.3) is 33.4 Å². The summed E-state index contributed by atoms with van der Waals surface area (Å²) in [5.41, 5.74) is 6.35. The summed E-state index contributed by atoms with van der Waals surface area (Å²) in [4.78, 5) is 15.5. The number of halogens is 18. The van der Waals surface area contributed by atoms with E-state index in [0.717, 1.165) is 52.4 Å². The van der Waals surface area contributed by atoms with Crippen molar-refractivity contribution < 1.29 is 326 Å². The first-order chi connectivity index (χ1) is 41.6. The third-order valence-electron chi connectivity index (χ3n) is 10.2. The first-order valence-electron chi connectivity index (χ1n) is 24.8. The molecule has 0 unspecified atom stereocenters. The van der Waals surface area contributed by atoms with E-state index in [0.29, 0.717) is 15.8 Å². The van der Waals surface area contributed by atoms with Crippen LogP contribution in [-0.2, 0) is 32.2 Å². The van der Waals surface area contributed by atoms with Gasteiger partial charge in [-0.2, -0.15) is 52.7 Å². The van der Waals surface area contributed by atoms with E-state index in [1.54, 1.807) is 74.3 Å². The molecule has 7 aromatic carbocycles. The van der Waals surface area contributed by atoms with Gasteiger partial charge in [-0.3, -0.25) is 9.59 Å². The van der Waals surface area contributed by atoms with E-state index in [4.69, 9.17) is 35.3 Å². The van der Waals surface area contributed by atoms with Crippen LogP contribution in [-0.4, -0.2) is 57.1 Å². The van der Waals surface area contributed by atoms with Gasteiger partial charge in [-0.15, -0.1) is 0 Å². The molecule has 0 aliphatic carbocycles. The summed E-state index contributed by atoms with van der Waals surface area (Å²) in [6.45, 7) is 3.87. The maximum Gasteiger partial charge on any atom is 1.00 e. The quantitative estimate of drug-likeness (QED) is 0.0266. The fourth-order valence-electron chi connectivity index (χ4n) is 6.65. The molecule has 3 N–H and O–H groups in total. The minimum atomic E-state index is -4.14. The van der Waals surface area contributed by atoms with Crippen molar-refractivity contribution in [1.82, 2.24) is 0 Å².